The maximum Gasteiger partial charge on any atom is 0.326 e. The molecule has 1 saturated heterocycles. The molecule has 0 spiro atoms. The minimum Gasteiger partial charge on any atom is -0.480 e. The molecule has 1 heterocycles. The Balaban J connectivity index is 2.49. The highest BCUT2D eigenvalue weighted by molar-refractivity contribution is 5.86. The van der Waals surface area contributed by atoms with Crippen molar-refractivity contribution in [2.45, 2.75) is 58.3 Å². The molecule has 0 aromatic carbocycles. The molecule has 98 valence electrons. The van der Waals surface area contributed by atoms with Crippen molar-refractivity contribution in [2.75, 3.05) is 0 Å². The van der Waals surface area contributed by atoms with Crippen LogP contribution in [0.5, 0.6) is 0 Å². The Morgan fingerprint density at radius 3 is 2.47 bits per heavy atom. The lowest BCUT2D eigenvalue weighted by atomic mass is 10.0. The van der Waals surface area contributed by atoms with Gasteiger partial charge in [-0.3, -0.25) is 4.79 Å². The molecule has 0 saturated carbocycles. The summed E-state index contributed by atoms with van der Waals surface area (Å²) in [6.45, 7) is 5.77. The van der Waals surface area contributed by atoms with Gasteiger partial charge in [-0.05, 0) is 32.1 Å². The van der Waals surface area contributed by atoms with Crippen LogP contribution >= 0.6 is 0 Å². The van der Waals surface area contributed by atoms with E-state index in [9.17, 15) is 9.59 Å². The van der Waals surface area contributed by atoms with Gasteiger partial charge in [0.05, 0.1) is 6.10 Å². The summed E-state index contributed by atoms with van der Waals surface area (Å²) in [6, 6.07) is -0.818. The molecule has 17 heavy (non-hydrogen) atoms. The van der Waals surface area contributed by atoms with Crippen molar-refractivity contribution in [1.82, 2.24) is 5.32 Å². The van der Waals surface area contributed by atoms with Crippen molar-refractivity contribution in [1.29, 1.82) is 0 Å². The summed E-state index contributed by atoms with van der Waals surface area (Å²) in [6.07, 6.45) is 1.54. The maximum atomic E-state index is 11.8. The zero-order valence-corrected chi connectivity index (χ0v) is 10.6. The van der Waals surface area contributed by atoms with E-state index in [1.165, 1.54) is 0 Å². The number of carbonyl (C=O) groups excluding carboxylic acids is 1. The van der Waals surface area contributed by atoms with Gasteiger partial charge in [-0.2, -0.15) is 0 Å². The molecular formula is C12H21NO4. The number of nitrogens with one attached hydrogen (secondary N) is 1. The first-order valence-electron chi connectivity index (χ1n) is 6.08. The fraction of sp³-hybridized carbons (Fsp3) is 0.833. The largest absolute Gasteiger partial charge is 0.480 e. The molecule has 0 bridgehead atoms. The highest BCUT2D eigenvalue weighted by atomic mass is 16.5. The third-order valence-electron chi connectivity index (χ3n) is 2.85. The van der Waals surface area contributed by atoms with E-state index in [-0.39, 0.29) is 17.9 Å². The molecule has 2 unspecified atom stereocenters. The fourth-order valence-electron chi connectivity index (χ4n) is 1.95. The summed E-state index contributed by atoms with van der Waals surface area (Å²) in [4.78, 5) is 22.8. The van der Waals surface area contributed by atoms with Crippen molar-refractivity contribution < 1.29 is 19.4 Å². The van der Waals surface area contributed by atoms with Crippen LogP contribution in [0.2, 0.25) is 0 Å². The van der Waals surface area contributed by atoms with E-state index in [1.807, 2.05) is 20.8 Å². The van der Waals surface area contributed by atoms with E-state index in [2.05, 4.69) is 5.32 Å². The Kier molecular flexibility index (Phi) is 4.93. The van der Waals surface area contributed by atoms with Gasteiger partial charge in [0, 0.05) is 0 Å². The Labute approximate surface area is 102 Å². The standard InChI is InChI=1S/C12H21NO4/c1-7(2)6-9(12(15)16)13-11(14)10-5-4-8(3)17-10/h7-10H,4-6H2,1-3H3,(H,13,14)(H,15,16)/t8?,9-,10?/m0/s1. The van der Waals surface area contributed by atoms with Gasteiger partial charge in [0.1, 0.15) is 12.1 Å². The molecule has 0 aromatic heterocycles. The lowest BCUT2D eigenvalue weighted by molar-refractivity contribution is -0.144. The van der Waals surface area contributed by atoms with Gasteiger partial charge >= 0.3 is 5.97 Å². The van der Waals surface area contributed by atoms with Crippen LogP contribution in [-0.2, 0) is 14.3 Å². The predicted octanol–water partition coefficient (Wildman–Crippen LogP) is 1.17. The third-order valence-corrected chi connectivity index (χ3v) is 2.85. The van der Waals surface area contributed by atoms with Crippen molar-refractivity contribution in [3.63, 3.8) is 0 Å². The molecular weight excluding hydrogens is 222 g/mol. The molecule has 3 atom stereocenters. The van der Waals surface area contributed by atoms with E-state index in [0.717, 1.165) is 6.42 Å². The Morgan fingerprint density at radius 2 is 2.06 bits per heavy atom. The second-order valence-corrected chi connectivity index (χ2v) is 5.04. The van der Waals surface area contributed by atoms with Gasteiger partial charge < -0.3 is 15.2 Å². The number of carboxylic acids is 1. The Hall–Kier alpha value is -1.10. The molecule has 1 aliphatic rings. The summed E-state index contributed by atoms with van der Waals surface area (Å²) < 4.78 is 5.40. The molecule has 5 heteroatoms. The first-order valence-corrected chi connectivity index (χ1v) is 6.08. The van der Waals surface area contributed by atoms with Crippen LogP contribution in [0.15, 0.2) is 0 Å². The van der Waals surface area contributed by atoms with Gasteiger partial charge in [0.15, 0.2) is 0 Å². The number of amides is 1. The van der Waals surface area contributed by atoms with Crippen LogP contribution in [0.3, 0.4) is 0 Å². The average molecular weight is 243 g/mol. The molecule has 5 nitrogen and oxygen atoms in total. The van der Waals surface area contributed by atoms with Crippen LogP contribution < -0.4 is 5.32 Å². The average Bonchev–Trinajstić information content (AvgIpc) is 2.63. The van der Waals surface area contributed by atoms with Crippen molar-refractivity contribution in [3.05, 3.63) is 0 Å². The first kappa shape index (κ1) is 14.0. The van der Waals surface area contributed by atoms with Gasteiger partial charge in [0.25, 0.3) is 0 Å². The minimum atomic E-state index is -0.988. The summed E-state index contributed by atoms with van der Waals surface area (Å²) in [7, 11) is 0. The third kappa shape index (κ3) is 4.34. The quantitative estimate of drug-likeness (QED) is 0.760. The van der Waals surface area contributed by atoms with Crippen LogP contribution in [-0.4, -0.2) is 35.2 Å². The van der Waals surface area contributed by atoms with Gasteiger partial charge in [0.2, 0.25) is 5.91 Å². The van der Waals surface area contributed by atoms with Gasteiger partial charge in [-0.1, -0.05) is 13.8 Å². The molecule has 2 N–H and O–H groups in total. The van der Waals surface area contributed by atoms with Crippen molar-refractivity contribution in [3.8, 4) is 0 Å². The topological polar surface area (TPSA) is 75.6 Å². The van der Waals surface area contributed by atoms with Crippen LogP contribution in [0.4, 0.5) is 0 Å². The first-order chi connectivity index (χ1) is 7.90. The second-order valence-electron chi connectivity index (χ2n) is 5.04. The monoisotopic (exact) mass is 243 g/mol. The fourth-order valence-corrected chi connectivity index (χ4v) is 1.95. The van der Waals surface area contributed by atoms with Gasteiger partial charge in [-0.15, -0.1) is 0 Å². The number of carboxylic acid groups (broad SMARTS) is 1. The summed E-state index contributed by atoms with van der Waals surface area (Å²) in [5.41, 5.74) is 0. The summed E-state index contributed by atoms with van der Waals surface area (Å²) in [5.74, 6) is -1.07. The van der Waals surface area contributed by atoms with E-state index in [1.54, 1.807) is 0 Å². The van der Waals surface area contributed by atoms with Crippen molar-refractivity contribution >= 4 is 11.9 Å². The number of hydrogen-bond acceptors (Lipinski definition) is 3. The van der Waals surface area contributed by atoms with Crippen LogP contribution in [0.25, 0.3) is 0 Å². The molecule has 0 aliphatic carbocycles. The molecule has 0 aromatic rings. The van der Waals surface area contributed by atoms with Crippen LogP contribution in [0, 0.1) is 5.92 Å². The zero-order chi connectivity index (χ0) is 13.0. The summed E-state index contributed by atoms with van der Waals surface area (Å²) >= 11 is 0. The van der Waals surface area contributed by atoms with Gasteiger partial charge in [-0.25, -0.2) is 4.79 Å². The van der Waals surface area contributed by atoms with E-state index >= 15 is 0 Å². The normalized spacial score (nSPS) is 25.9. The number of rotatable bonds is 5. The maximum absolute atomic E-state index is 11.8. The zero-order valence-electron chi connectivity index (χ0n) is 10.6. The van der Waals surface area contributed by atoms with E-state index in [0.29, 0.717) is 12.8 Å². The molecule has 1 rings (SSSR count). The highest BCUT2D eigenvalue weighted by Crippen LogP contribution is 2.19. The molecule has 1 amide bonds. The van der Waals surface area contributed by atoms with Crippen molar-refractivity contribution in [2.24, 2.45) is 5.92 Å². The molecule has 1 aliphatic heterocycles. The smallest absolute Gasteiger partial charge is 0.326 e. The van der Waals surface area contributed by atoms with E-state index in [4.69, 9.17) is 9.84 Å². The van der Waals surface area contributed by atoms with E-state index < -0.39 is 18.1 Å². The van der Waals surface area contributed by atoms with Crippen LogP contribution in [0.1, 0.15) is 40.0 Å². The summed E-state index contributed by atoms with van der Waals surface area (Å²) in [5, 5.41) is 11.6. The second kappa shape index (κ2) is 6.00. The predicted molar refractivity (Wildman–Crippen MR) is 62.6 cm³/mol. The molecule has 0 radical (unpaired) electrons. The minimum absolute atomic E-state index is 0.0825. The number of aliphatic carboxylic acids is 1. The lowest BCUT2D eigenvalue weighted by Gasteiger charge is -2.19. The number of carbonyl (C=O) groups is 2. The SMILES string of the molecule is CC(C)C[C@H](NC(=O)C1CCC(C)O1)C(=O)O. The lowest BCUT2D eigenvalue weighted by Crippen LogP contribution is -2.46. The molecule has 1 fully saturated rings. The Bertz CT molecular complexity index is 290. The number of ether oxygens (including phenoxy) is 1. The number of hydrogen-bond donors (Lipinski definition) is 2. The highest BCUT2D eigenvalue weighted by Gasteiger charge is 2.31. The Morgan fingerprint density at radius 1 is 1.41 bits per heavy atom.